The Bertz CT molecular complexity index is 637. The van der Waals surface area contributed by atoms with Crippen molar-refractivity contribution in [3.63, 3.8) is 0 Å². The molecule has 0 fully saturated rings. The lowest BCUT2D eigenvalue weighted by Gasteiger charge is -2.12. The second-order valence-electron chi connectivity index (χ2n) is 4.17. The molecule has 1 aromatic heterocycles. The second kappa shape index (κ2) is 5.94. The number of nitrogens with one attached hydrogen (secondary N) is 2. The maximum absolute atomic E-state index is 11.3. The zero-order valence-corrected chi connectivity index (χ0v) is 13.3. The quantitative estimate of drug-likeness (QED) is 0.894. The standard InChI is InChI=1S/C12H15BrN4OS/c1-7(14-2)8-4-5-10(9(13)6-8)19-12-16-15-11(18)17(12)3/h4-7,14H,1-3H3,(H,15,18). The van der Waals surface area contributed by atoms with Crippen LogP contribution in [0.1, 0.15) is 18.5 Å². The summed E-state index contributed by atoms with van der Waals surface area (Å²) in [7, 11) is 3.63. The van der Waals surface area contributed by atoms with Gasteiger partial charge in [0.2, 0.25) is 0 Å². The average molecular weight is 343 g/mol. The zero-order valence-electron chi connectivity index (χ0n) is 10.9. The lowest BCUT2D eigenvalue weighted by Crippen LogP contribution is -2.13. The number of H-pyrrole nitrogens is 1. The van der Waals surface area contributed by atoms with E-state index in [1.54, 1.807) is 7.05 Å². The van der Waals surface area contributed by atoms with Gasteiger partial charge in [-0.25, -0.2) is 9.89 Å². The summed E-state index contributed by atoms with van der Waals surface area (Å²) in [6.45, 7) is 2.10. The molecule has 0 aliphatic rings. The van der Waals surface area contributed by atoms with Crippen molar-refractivity contribution in [2.24, 2.45) is 7.05 Å². The van der Waals surface area contributed by atoms with Crippen molar-refractivity contribution in [2.45, 2.75) is 23.0 Å². The Labute approximate surface area is 123 Å². The highest BCUT2D eigenvalue weighted by atomic mass is 79.9. The minimum atomic E-state index is -0.209. The molecule has 0 radical (unpaired) electrons. The Morgan fingerprint density at radius 1 is 1.53 bits per heavy atom. The summed E-state index contributed by atoms with van der Waals surface area (Å²) in [5.41, 5.74) is 0.994. The lowest BCUT2D eigenvalue weighted by atomic mass is 10.1. The van der Waals surface area contributed by atoms with Crippen LogP contribution in [-0.2, 0) is 7.05 Å². The van der Waals surface area contributed by atoms with Gasteiger partial charge in [-0.1, -0.05) is 6.07 Å². The molecule has 2 rings (SSSR count). The van der Waals surface area contributed by atoms with Crippen LogP contribution in [0.5, 0.6) is 0 Å². The molecule has 7 heteroatoms. The van der Waals surface area contributed by atoms with Crippen molar-refractivity contribution < 1.29 is 0 Å². The summed E-state index contributed by atoms with van der Waals surface area (Å²) >= 11 is 5.00. The molecule has 0 bridgehead atoms. The molecule has 2 aromatic rings. The van der Waals surface area contributed by atoms with Crippen LogP contribution in [-0.4, -0.2) is 21.8 Å². The summed E-state index contributed by atoms with van der Waals surface area (Å²) < 4.78 is 2.48. The van der Waals surface area contributed by atoms with Gasteiger partial charge in [0.05, 0.1) is 0 Å². The predicted molar refractivity (Wildman–Crippen MR) is 79.6 cm³/mol. The largest absolute Gasteiger partial charge is 0.343 e. The van der Waals surface area contributed by atoms with Crippen LogP contribution >= 0.6 is 27.7 Å². The minimum Gasteiger partial charge on any atom is -0.313 e. The number of hydrogen-bond donors (Lipinski definition) is 2. The maximum Gasteiger partial charge on any atom is 0.343 e. The summed E-state index contributed by atoms with van der Waals surface area (Å²) in [5, 5.41) is 10.2. The monoisotopic (exact) mass is 342 g/mol. The topological polar surface area (TPSA) is 62.7 Å². The van der Waals surface area contributed by atoms with E-state index in [9.17, 15) is 4.79 Å². The number of nitrogens with zero attached hydrogens (tertiary/aromatic N) is 2. The highest BCUT2D eigenvalue weighted by molar-refractivity contribution is 9.10. The zero-order chi connectivity index (χ0) is 14.0. The maximum atomic E-state index is 11.3. The number of aromatic nitrogens is 3. The molecule has 102 valence electrons. The highest BCUT2D eigenvalue weighted by Crippen LogP contribution is 2.33. The fraction of sp³-hybridized carbons (Fsp3) is 0.333. The Hall–Kier alpha value is -1.05. The first-order chi connectivity index (χ1) is 9.02. The fourth-order valence-electron chi connectivity index (χ4n) is 1.56. The predicted octanol–water partition coefficient (Wildman–Crippen LogP) is 2.30. The van der Waals surface area contributed by atoms with Crippen LogP contribution < -0.4 is 11.0 Å². The molecule has 0 spiro atoms. The van der Waals surface area contributed by atoms with Gasteiger partial charge in [0.25, 0.3) is 0 Å². The molecule has 1 unspecified atom stereocenters. The lowest BCUT2D eigenvalue weighted by molar-refractivity contribution is 0.651. The Morgan fingerprint density at radius 3 is 2.79 bits per heavy atom. The van der Waals surface area contributed by atoms with Crippen LogP contribution in [0.25, 0.3) is 0 Å². The highest BCUT2D eigenvalue weighted by Gasteiger charge is 2.11. The van der Waals surface area contributed by atoms with Crippen molar-refractivity contribution >= 4 is 27.7 Å². The number of halogens is 1. The first kappa shape index (κ1) is 14.4. The van der Waals surface area contributed by atoms with Crippen molar-refractivity contribution in [3.05, 3.63) is 38.7 Å². The van der Waals surface area contributed by atoms with E-state index in [0.717, 1.165) is 9.37 Å². The van der Waals surface area contributed by atoms with E-state index in [-0.39, 0.29) is 5.69 Å². The fourth-order valence-corrected chi connectivity index (χ4v) is 3.00. The molecule has 5 nitrogen and oxygen atoms in total. The van der Waals surface area contributed by atoms with Gasteiger partial charge < -0.3 is 5.32 Å². The van der Waals surface area contributed by atoms with Crippen molar-refractivity contribution in [1.29, 1.82) is 0 Å². The van der Waals surface area contributed by atoms with E-state index < -0.39 is 0 Å². The molecule has 1 heterocycles. The van der Waals surface area contributed by atoms with E-state index in [1.807, 2.05) is 13.1 Å². The van der Waals surface area contributed by atoms with Crippen LogP contribution in [0, 0.1) is 0 Å². The molecule has 2 N–H and O–H groups in total. The SMILES string of the molecule is CNC(C)c1ccc(Sc2n[nH]c(=O)n2C)c(Br)c1. The summed E-state index contributed by atoms with van der Waals surface area (Å²) in [4.78, 5) is 12.3. The minimum absolute atomic E-state index is 0.209. The summed E-state index contributed by atoms with van der Waals surface area (Å²) in [6.07, 6.45) is 0. The van der Waals surface area contributed by atoms with Gasteiger partial charge in [0.1, 0.15) is 0 Å². The van der Waals surface area contributed by atoms with Crippen molar-refractivity contribution in [1.82, 2.24) is 20.1 Å². The average Bonchev–Trinajstić information content (AvgIpc) is 2.72. The van der Waals surface area contributed by atoms with Crippen LogP contribution in [0.3, 0.4) is 0 Å². The van der Waals surface area contributed by atoms with Crippen molar-refractivity contribution in [3.8, 4) is 0 Å². The van der Waals surface area contributed by atoms with Crippen LogP contribution in [0.15, 0.2) is 37.5 Å². The van der Waals surface area contributed by atoms with Gasteiger partial charge in [-0.05, 0) is 59.4 Å². The molecule has 0 amide bonds. The van der Waals surface area contributed by atoms with E-state index in [2.05, 4.69) is 50.5 Å². The Morgan fingerprint density at radius 2 is 2.26 bits per heavy atom. The molecule has 0 aliphatic carbocycles. The second-order valence-corrected chi connectivity index (χ2v) is 6.04. The van der Waals surface area contributed by atoms with Crippen molar-refractivity contribution in [2.75, 3.05) is 7.05 Å². The Balaban J connectivity index is 2.27. The molecule has 1 atom stereocenters. The van der Waals surface area contributed by atoms with E-state index in [4.69, 9.17) is 0 Å². The van der Waals surface area contributed by atoms with Gasteiger partial charge in [-0.2, -0.15) is 0 Å². The number of aromatic amines is 1. The van der Waals surface area contributed by atoms with E-state index in [1.165, 1.54) is 21.9 Å². The van der Waals surface area contributed by atoms with Gasteiger partial charge in [0, 0.05) is 22.5 Å². The number of hydrogen-bond acceptors (Lipinski definition) is 4. The number of rotatable bonds is 4. The van der Waals surface area contributed by atoms with Gasteiger partial charge in [-0.3, -0.25) is 4.57 Å². The summed E-state index contributed by atoms with van der Waals surface area (Å²) in [5.74, 6) is 0. The molecule has 0 aliphatic heterocycles. The summed E-state index contributed by atoms with van der Waals surface area (Å²) in [6, 6.07) is 6.47. The van der Waals surface area contributed by atoms with Crippen LogP contribution in [0.2, 0.25) is 0 Å². The Kier molecular flexibility index (Phi) is 4.49. The van der Waals surface area contributed by atoms with Gasteiger partial charge >= 0.3 is 5.69 Å². The smallest absolute Gasteiger partial charge is 0.313 e. The molecule has 19 heavy (non-hydrogen) atoms. The van der Waals surface area contributed by atoms with Gasteiger partial charge in [0.15, 0.2) is 5.16 Å². The molecular formula is C12H15BrN4OS. The third-order valence-electron chi connectivity index (χ3n) is 2.93. The van der Waals surface area contributed by atoms with E-state index >= 15 is 0 Å². The third kappa shape index (κ3) is 3.10. The molecule has 0 saturated heterocycles. The number of benzene rings is 1. The third-order valence-corrected chi connectivity index (χ3v) is 4.97. The first-order valence-corrected chi connectivity index (χ1v) is 7.40. The normalized spacial score (nSPS) is 12.6. The van der Waals surface area contributed by atoms with E-state index in [0.29, 0.717) is 11.2 Å². The van der Waals surface area contributed by atoms with Crippen LogP contribution in [0.4, 0.5) is 0 Å². The molecule has 1 aromatic carbocycles. The van der Waals surface area contributed by atoms with Gasteiger partial charge in [-0.15, -0.1) is 5.10 Å². The molecular weight excluding hydrogens is 328 g/mol. The first-order valence-electron chi connectivity index (χ1n) is 5.79. The molecule has 0 saturated carbocycles.